The fourth-order valence-electron chi connectivity index (χ4n) is 4.45. The summed E-state index contributed by atoms with van der Waals surface area (Å²) < 4.78 is 1.65. The van der Waals surface area contributed by atoms with E-state index in [4.69, 9.17) is 4.98 Å². The Balaban J connectivity index is 1.44. The first-order chi connectivity index (χ1) is 14.6. The molecule has 3 atom stereocenters. The summed E-state index contributed by atoms with van der Waals surface area (Å²) >= 11 is 0. The van der Waals surface area contributed by atoms with E-state index in [1.54, 1.807) is 23.9 Å². The highest BCUT2D eigenvalue weighted by Gasteiger charge is 2.39. The van der Waals surface area contributed by atoms with Crippen molar-refractivity contribution in [2.75, 3.05) is 23.3 Å². The lowest BCUT2D eigenvalue weighted by atomic mass is 10.1. The Morgan fingerprint density at radius 1 is 1.20 bits per heavy atom. The second-order valence-corrected chi connectivity index (χ2v) is 8.19. The van der Waals surface area contributed by atoms with Crippen molar-refractivity contribution in [2.45, 2.75) is 31.5 Å². The molecule has 2 aromatic heterocycles. The summed E-state index contributed by atoms with van der Waals surface area (Å²) in [6, 6.07) is 16.7. The van der Waals surface area contributed by atoms with Crippen molar-refractivity contribution in [2.24, 2.45) is 7.05 Å². The van der Waals surface area contributed by atoms with Crippen molar-refractivity contribution in [1.82, 2.24) is 19.9 Å². The fourth-order valence-corrected chi connectivity index (χ4v) is 4.45. The van der Waals surface area contributed by atoms with E-state index in [2.05, 4.69) is 39.6 Å². The molecule has 4 heterocycles. The van der Waals surface area contributed by atoms with Gasteiger partial charge < -0.3 is 15.5 Å². The molecule has 0 saturated carbocycles. The van der Waals surface area contributed by atoms with Crippen molar-refractivity contribution in [1.29, 1.82) is 0 Å². The second kappa shape index (κ2) is 7.57. The number of benzene rings is 1. The van der Waals surface area contributed by atoms with Crippen molar-refractivity contribution in [3.8, 4) is 11.3 Å². The molecule has 2 aliphatic heterocycles. The number of anilines is 2. The maximum Gasteiger partial charge on any atom is 0.255 e. The van der Waals surface area contributed by atoms with E-state index in [1.165, 1.54) is 5.56 Å². The Morgan fingerprint density at radius 3 is 2.77 bits per heavy atom. The molecule has 2 N–H and O–H groups in total. The summed E-state index contributed by atoms with van der Waals surface area (Å²) in [6.07, 6.45) is 2.87. The number of nitrogens with zero attached hydrogens (tertiary/aromatic N) is 4. The molecule has 2 fully saturated rings. The third-order valence-electron chi connectivity index (χ3n) is 6.14. The first-order valence-corrected chi connectivity index (χ1v) is 10.4. The average Bonchev–Trinajstić information content (AvgIpc) is 3.40. The molecular formula is C23H26N6O. The number of pyridine rings is 1. The van der Waals surface area contributed by atoms with Crippen LogP contribution in [0.15, 0.2) is 59.5 Å². The van der Waals surface area contributed by atoms with Gasteiger partial charge in [-0.3, -0.25) is 9.36 Å². The molecule has 5 rings (SSSR count). The molecule has 2 aliphatic rings. The maximum atomic E-state index is 12.7. The quantitative estimate of drug-likeness (QED) is 0.683. The SMILES string of the molecule is C[C@H](Nc1cc(-c2cc(=O)n(C)c(N3C[C@@H]4C[C@H]3CN4)n2)ccn1)c1ccccc1. The van der Waals surface area contributed by atoms with Crippen LogP contribution in [-0.4, -0.2) is 39.7 Å². The van der Waals surface area contributed by atoms with Crippen LogP contribution < -0.4 is 21.1 Å². The lowest BCUT2D eigenvalue weighted by molar-refractivity contribution is 0.562. The minimum Gasteiger partial charge on any atom is -0.364 e. The molecule has 0 amide bonds. The molecule has 30 heavy (non-hydrogen) atoms. The van der Waals surface area contributed by atoms with E-state index in [0.717, 1.165) is 36.8 Å². The molecule has 154 valence electrons. The van der Waals surface area contributed by atoms with Crippen LogP contribution >= 0.6 is 0 Å². The zero-order valence-electron chi connectivity index (χ0n) is 17.2. The van der Waals surface area contributed by atoms with Crippen LogP contribution in [0.5, 0.6) is 0 Å². The van der Waals surface area contributed by atoms with Gasteiger partial charge in [-0.05, 0) is 31.0 Å². The van der Waals surface area contributed by atoms with E-state index in [-0.39, 0.29) is 11.6 Å². The smallest absolute Gasteiger partial charge is 0.255 e. The average molecular weight is 403 g/mol. The van der Waals surface area contributed by atoms with E-state index in [0.29, 0.717) is 17.8 Å². The Morgan fingerprint density at radius 2 is 2.03 bits per heavy atom. The van der Waals surface area contributed by atoms with E-state index >= 15 is 0 Å². The van der Waals surface area contributed by atoms with Gasteiger partial charge in [-0.25, -0.2) is 9.97 Å². The normalized spacial score (nSPS) is 21.1. The van der Waals surface area contributed by atoms with Gasteiger partial charge in [0, 0.05) is 56.1 Å². The van der Waals surface area contributed by atoms with E-state index < -0.39 is 0 Å². The number of aromatic nitrogens is 3. The Hall–Kier alpha value is -3.19. The third kappa shape index (κ3) is 3.45. The number of nitrogens with one attached hydrogen (secondary N) is 2. The predicted octanol–water partition coefficient (Wildman–Crippen LogP) is 2.57. The monoisotopic (exact) mass is 402 g/mol. The topological polar surface area (TPSA) is 75.1 Å². The van der Waals surface area contributed by atoms with Gasteiger partial charge in [-0.1, -0.05) is 30.3 Å². The number of fused-ring (bicyclic) bond motifs is 2. The summed E-state index contributed by atoms with van der Waals surface area (Å²) in [6.45, 7) is 3.95. The number of hydrogen-bond acceptors (Lipinski definition) is 6. The zero-order chi connectivity index (χ0) is 20.7. The van der Waals surface area contributed by atoms with Crippen LogP contribution in [0.1, 0.15) is 24.9 Å². The highest BCUT2D eigenvalue weighted by molar-refractivity contribution is 5.64. The Labute approximate surface area is 175 Å². The molecule has 7 nitrogen and oxygen atoms in total. The molecule has 0 unspecified atom stereocenters. The minimum absolute atomic E-state index is 0.0466. The van der Waals surface area contributed by atoms with E-state index in [1.807, 2.05) is 30.3 Å². The lowest BCUT2D eigenvalue weighted by Gasteiger charge is -2.29. The largest absolute Gasteiger partial charge is 0.364 e. The highest BCUT2D eigenvalue weighted by Crippen LogP contribution is 2.29. The van der Waals surface area contributed by atoms with Crippen molar-refractivity contribution >= 4 is 11.8 Å². The molecule has 0 spiro atoms. The molecular weight excluding hydrogens is 376 g/mol. The van der Waals surface area contributed by atoms with Crippen LogP contribution in [0.4, 0.5) is 11.8 Å². The summed E-state index contributed by atoms with van der Waals surface area (Å²) in [5.41, 5.74) is 2.71. The second-order valence-electron chi connectivity index (χ2n) is 8.19. The van der Waals surface area contributed by atoms with Gasteiger partial charge in [0.05, 0.1) is 5.69 Å². The van der Waals surface area contributed by atoms with Crippen molar-refractivity contribution in [3.63, 3.8) is 0 Å². The van der Waals surface area contributed by atoms with Gasteiger partial charge in [-0.15, -0.1) is 0 Å². The first kappa shape index (κ1) is 18.8. The van der Waals surface area contributed by atoms with Gasteiger partial charge in [0.1, 0.15) is 5.82 Å². The zero-order valence-corrected chi connectivity index (χ0v) is 17.2. The van der Waals surface area contributed by atoms with E-state index in [9.17, 15) is 4.79 Å². The number of piperazine rings is 1. The van der Waals surface area contributed by atoms with Gasteiger partial charge in [0.25, 0.3) is 5.56 Å². The summed E-state index contributed by atoms with van der Waals surface area (Å²) in [7, 11) is 1.80. The number of hydrogen-bond donors (Lipinski definition) is 2. The van der Waals surface area contributed by atoms with Crippen molar-refractivity contribution < 1.29 is 0 Å². The molecule has 1 aromatic carbocycles. The molecule has 0 radical (unpaired) electrons. The van der Waals surface area contributed by atoms with Crippen LogP contribution in [0.2, 0.25) is 0 Å². The molecule has 3 aromatic rings. The number of rotatable bonds is 5. The molecule has 7 heteroatoms. The van der Waals surface area contributed by atoms with Crippen LogP contribution in [0.3, 0.4) is 0 Å². The standard InChI is InChI=1S/C23H26N6O/c1-15(16-6-4-3-5-7-16)26-21-10-17(8-9-24-21)20-12-22(30)28(2)23(27-20)29-14-18-11-19(29)13-25-18/h3-10,12,15,18-19,25H,11,13-14H2,1-2H3,(H,24,26)/t15-,18-,19-/m0/s1. The van der Waals surface area contributed by atoms with Gasteiger partial charge >= 0.3 is 0 Å². The first-order valence-electron chi connectivity index (χ1n) is 10.4. The van der Waals surface area contributed by atoms with Crippen LogP contribution in [0, 0.1) is 0 Å². The van der Waals surface area contributed by atoms with Gasteiger partial charge in [0.2, 0.25) is 5.95 Å². The summed E-state index contributed by atoms with van der Waals surface area (Å²) in [5, 5.41) is 6.95. The fraction of sp³-hybridized carbons (Fsp3) is 0.348. The predicted molar refractivity (Wildman–Crippen MR) is 119 cm³/mol. The molecule has 0 aliphatic carbocycles. The lowest BCUT2D eigenvalue weighted by Crippen LogP contribution is -2.46. The van der Waals surface area contributed by atoms with Gasteiger partial charge in [0.15, 0.2) is 0 Å². The van der Waals surface area contributed by atoms with Gasteiger partial charge in [-0.2, -0.15) is 0 Å². The summed E-state index contributed by atoms with van der Waals surface area (Å²) in [4.78, 5) is 24.3. The van der Waals surface area contributed by atoms with Crippen LogP contribution in [-0.2, 0) is 7.05 Å². The molecule has 2 bridgehead atoms. The Kier molecular flexibility index (Phi) is 4.75. The summed E-state index contributed by atoms with van der Waals surface area (Å²) in [5.74, 6) is 1.51. The molecule has 2 saturated heterocycles. The third-order valence-corrected chi connectivity index (χ3v) is 6.14. The minimum atomic E-state index is -0.0466. The van der Waals surface area contributed by atoms with Crippen LogP contribution in [0.25, 0.3) is 11.3 Å². The maximum absolute atomic E-state index is 12.7. The Bertz CT molecular complexity index is 1110. The highest BCUT2D eigenvalue weighted by atomic mass is 16.1. The van der Waals surface area contributed by atoms with Crippen molar-refractivity contribution in [3.05, 3.63) is 70.6 Å².